The third kappa shape index (κ3) is 3.07. The molecular formula is C19H18F3N3O2S. The molecule has 2 aromatic rings. The molecule has 1 saturated carbocycles. The zero-order valence-electron chi connectivity index (χ0n) is 15.0. The average molecular weight is 409 g/mol. The molecule has 0 spiro atoms. The normalized spacial score (nSPS) is 24.0. The number of halogens is 3. The number of alkyl halides is 3. The number of benzene rings is 1. The van der Waals surface area contributed by atoms with Crippen molar-refractivity contribution in [1.29, 1.82) is 0 Å². The van der Waals surface area contributed by atoms with Crippen molar-refractivity contribution in [2.24, 2.45) is 11.7 Å². The second-order valence-electron chi connectivity index (χ2n) is 7.28. The fourth-order valence-electron chi connectivity index (χ4n) is 4.37. The lowest BCUT2D eigenvalue weighted by molar-refractivity contribution is -0.137. The van der Waals surface area contributed by atoms with Crippen LogP contribution < -0.4 is 5.73 Å². The molecule has 148 valence electrons. The molecular weight excluding hydrogens is 391 g/mol. The number of piperidine rings is 1. The predicted octanol–water partition coefficient (Wildman–Crippen LogP) is 3.62. The standard InChI is InChI=1S/C19H18F3N3O2S/c1-9-24-14(16(28-9)11-3-2-4-12(7-11)19(20,21)22)18(27)25-13-6-5-10(8-13)15(25)17(23)26/h2-4,7,10,13,15H,5-6,8H2,1H3,(H2,23,26)/t10-,13+,15+/m0/s1. The Morgan fingerprint density at radius 1 is 1.29 bits per heavy atom. The van der Waals surface area contributed by atoms with Crippen LogP contribution in [0.3, 0.4) is 0 Å². The van der Waals surface area contributed by atoms with E-state index in [1.807, 2.05) is 0 Å². The number of fused-ring (bicyclic) bond motifs is 2. The Bertz CT molecular complexity index is 956. The molecule has 1 aliphatic heterocycles. The fraction of sp³-hybridized carbons (Fsp3) is 0.421. The topological polar surface area (TPSA) is 76.3 Å². The van der Waals surface area contributed by atoms with Gasteiger partial charge in [-0.1, -0.05) is 12.1 Å². The van der Waals surface area contributed by atoms with E-state index in [1.165, 1.54) is 17.0 Å². The summed E-state index contributed by atoms with van der Waals surface area (Å²) in [5.41, 5.74) is 5.11. The maximum atomic E-state index is 13.3. The summed E-state index contributed by atoms with van der Waals surface area (Å²) in [7, 11) is 0. The molecule has 1 aromatic carbocycles. The summed E-state index contributed by atoms with van der Waals surface area (Å²) in [6.45, 7) is 1.69. The maximum Gasteiger partial charge on any atom is 0.416 e. The monoisotopic (exact) mass is 409 g/mol. The lowest BCUT2D eigenvalue weighted by Gasteiger charge is -2.33. The Hall–Kier alpha value is -2.42. The molecule has 2 amide bonds. The Kier molecular flexibility index (Phi) is 4.45. The molecule has 2 aliphatic rings. The van der Waals surface area contributed by atoms with Gasteiger partial charge < -0.3 is 10.6 Å². The van der Waals surface area contributed by atoms with Gasteiger partial charge in [-0.3, -0.25) is 9.59 Å². The van der Waals surface area contributed by atoms with E-state index in [-0.39, 0.29) is 23.2 Å². The minimum Gasteiger partial charge on any atom is -0.368 e. The van der Waals surface area contributed by atoms with Crippen molar-refractivity contribution in [2.45, 2.75) is 44.4 Å². The van der Waals surface area contributed by atoms with Gasteiger partial charge in [-0.2, -0.15) is 13.2 Å². The Morgan fingerprint density at radius 2 is 2.04 bits per heavy atom. The molecule has 2 fully saturated rings. The molecule has 3 atom stereocenters. The van der Waals surface area contributed by atoms with E-state index in [0.29, 0.717) is 9.88 Å². The minimum atomic E-state index is -4.48. The SMILES string of the molecule is Cc1nc(C(=O)N2[C@@H]3CC[C@@H](C3)[C@@H]2C(N)=O)c(-c2cccc(C(F)(F)F)c2)s1. The first-order chi connectivity index (χ1) is 13.2. The van der Waals surface area contributed by atoms with Crippen molar-refractivity contribution in [2.75, 3.05) is 0 Å². The number of amides is 2. The van der Waals surface area contributed by atoms with E-state index < -0.39 is 29.6 Å². The van der Waals surface area contributed by atoms with E-state index in [2.05, 4.69) is 4.98 Å². The van der Waals surface area contributed by atoms with Crippen molar-refractivity contribution in [3.63, 3.8) is 0 Å². The van der Waals surface area contributed by atoms with Crippen LogP contribution in [0.5, 0.6) is 0 Å². The van der Waals surface area contributed by atoms with Crippen molar-refractivity contribution in [1.82, 2.24) is 9.88 Å². The minimum absolute atomic E-state index is 0.0446. The summed E-state index contributed by atoms with van der Waals surface area (Å²) in [5.74, 6) is -0.941. The largest absolute Gasteiger partial charge is 0.416 e. The summed E-state index contributed by atoms with van der Waals surface area (Å²) in [4.78, 5) is 31.4. The van der Waals surface area contributed by atoms with Gasteiger partial charge in [0.25, 0.3) is 5.91 Å². The van der Waals surface area contributed by atoms with Crippen LogP contribution >= 0.6 is 11.3 Å². The van der Waals surface area contributed by atoms with Crippen LogP contribution in [0, 0.1) is 12.8 Å². The number of nitrogens with two attached hydrogens (primary N) is 1. The Labute approximate surface area is 163 Å². The molecule has 9 heteroatoms. The van der Waals surface area contributed by atoms with E-state index >= 15 is 0 Å². The van der Waals surface area contributed by atoms with Crippen LogP contribution in [-0.2, 0) is 11.0 Å². The van der Waals surface area contributed by atoms with Gasteiger partial charge in [0.15, 0.2) is 0 Å². The molecule has 1 saturated heterocycles. The zero-order valence-corrected chi connectivity index (χ0v) is 15.8. The maximum absolute atomic E-state index is 13.3. The van der Waals surface area contributed by atoms with Gasteiger partial charge in [0.2, 0.25) is 5.91 Å². The smallest absolute Gasteiger partial charge is 0.368 e. The van der Waals surface area contributed by atoms with Crippen LogP contribution in [0.2, 0.25) is 0 Å². The summed E-state index contributed by atoms with van der Waals surface area (Å²) in [5, 5.41) is 0.566. The van der Waals surface area contributed by atoms with Gasteiger partial charge >= 0.3 is 6.18 Å². The van der Waals surface area contributed by atoms with Crippen LogP contribution in [0.1, 0.15) is 40.3 Å². The molecule has 2 heterocycles. The summed E-state index contributed by atoms with van der Waals surface area (Å²) < 4.78 is 39.3. The number of carbonyl (C=O) groups excluding carboxylic acids is 2. The van der Waals surface area contributed by atoms with Gasteiger partial charge in [-0.25, -0.2) is 4.98 Å². The molecule has 1 aliphatic carbocycles. The number of carbonyl (C=O) groups is 2. The molecule has 0 unspecified atom stereocenters. The molecule has 2 bridgehead atoms. The number of primary amides is 1. The predicted molar refractivity (Wildman–Crippen MR) is 97.6 cm³/mol. The second kappa shape index (κ2) is 6.58. The van der Waals surface area contributed by atoms with E-state index in [1.54, 1.807) is 6.92 Å². The molecule has 1 aromatic heterocycles. The van der Waals surface area contributed by atoms with E-state index in [9.17, 15) is 22.8 Å². The third-order valence-electron chi connectivity index (χ3n) is 5.50. The number of hydrogen-bond acceptors (Lipinski definition) is 4. The van der Waals surface area contributed by atoms with Gasteiger partial charge in [-0.15, -0.1) is 11.3 Å². The number of hydrogen-bond donors (Lipinski definition) is 1. The highest BCUT2D eigenvalue weighted by Crippen LogP contribution is 2.44. The third-order valence-corrected chi connectivity index (χ3v) is 6.52. The van der Waals surface area contributed by atoms with Gasteiger partial charge in [0.1, 0.15) is 11.7 Å². The average Bonchev–Trinajstić information content (AvgIpc) is 3.34. The number of likely N-dealkylation sites (tertiary alicyclic amines) is 1. The molecule has 2 N–H and O–H groups in total. The summed E-state index contributed by atoms with van der Waals surface area (Å²) >= 11 is 1.16. The highest BCUT2D eigenvalue weighted by Gasteiger charge is 2.51. The second-order valence-corrected chi connectivity index (χ2v) is 8.48. The van der Waals surface area contributed by atoms with Gasteiger partial charge in [0, 0.05) is 6.04 Å². The summed E-state index contributed by atoms with van der Waals surface area (Å²) in [6, 6.07) is 4.09. The first kappa shape index (κ1) is 18.9. The van der Waals surface area contributed by atoms with Crippen molar-refractivity contribution in [3.05, 3.63) is 40.5 Å². The Balaban J connectivity index is 1.75. The van der Waals surface area contributed by atoms with Gasteiger partial charge in [0.05, 0.1) is 15.4 Å². The first-order valence-corrected chi connectivity index (χ1v) is 9.75. The Morgan fingerprint density at radius 3 is 2.71 bits per heavy atom. The van der Waals surface area contributed by atoms with Crippen LogP contribution in [0.4, 0.5) is 13.2 Å². The lowest BCUT2D eigenvalue weighted by Crippen LogP contribution is -2.51. The van der Waals surface area contributed by atoms with Crippen LogP contribution in [0.15, 0.2) is 24.3 Å². The fourth-order valence-corrected chi connectivity index (χ4v) is 5.28. The highest BCUT2D eigenvalue weighted by atomic mass is 32.1. The van der Waals surface area contributed by atoms with Crippen LogP contribution in [-0.4, -0.2) is 33.8 Å². The quantitative estimate of drug-likeness (QED) is 0.841. The number of rotatable bonds is 3. The van der Waals surface area contributed by atoms with Crippen molar-refractivity contribution in [3.8, 4) is 10.4 Å². The number of aryl methyl sites for hydroxylation is 1. The summed E-state index contributed by atoms with van der Waals surface area (Å²) in [6.07, 6.45) is -2.12. The molecule has 0 radical (unpaired) electrons. The molecule has 28 heavy (non-hydrogen) atoms. The number of thiazole rings is 1. The lowest BCUT2D eigenvalue weighted by atomic mass is 9.97. The van der Waals surface area contributed by atoms with E-state index in [0.717, 1.165) is 42.7 Å². The first-order valence-electron chi connectivity index (χ1n) is 8.94. The number of nitrogens with zero attached hydrogens (tertiary/aromatic N) is 2. The molecule has 5 nitrogen and oxygen atoms in total. The highest BCUT2D eigenvalue weighted by molar-refractivity contribution is 7.15. The zero-order chi connectivity index (χ0) is 20.2. The van der Waals surface area contributed by atoms with Crippen molar-refractivity contribution < 1.29 is 22.8 Å². The van der Waals surface area contributed by atoms with Gasteiger partial charge in [-0.05, 0) is 49.8 Å². The van der Waals surface area contributed by atoms with Crippen LogP contribution in [0.25, 0.3) is 10.4 Å². The molecule has 4 rings (SSSR count). The van der Waals surface area contributed by atoms with E-state index in [4.69, 9.17) is 5.73 Å². The van der Waals surface area contributed by atoms with Crippen molar-refractivity contribution >= 4 is 23.2 Å². The number of aromatic nitrogens is 1.